The average Bonchev–Trinajstić information content (AvgIpc) is 3.36. The molecule has 0 spiro atoms. The summed E-state index contributed by atoms with van der Waals surface area (Å²) in [7, 11) is 0. The Morgan fingerprint density at radius 2 is 2.21 bits per heavy atom. The maximum Gasteiger partial charge on any atom is 0.240 e. The number of halogens is 1. The van der Waals surface area contributed by atoms with Crippen molar-refractivity contribution in [3.8, 4) is 5.75 Å². The first-order chi connectivity index (χ1) is 14.1. The predicted molar refractivity (Wildman–Crippen MR) is 112 cm³/mol. The van der Waals surface area contributed by atoms with Crippen molar-refractivity contribution in [3.63, 3.8) is 0 Å². The lowest BCUT2D eigenvalue weighted by Gasteiger charge is -2.13. The number of para-hydroxylation sites is 2. The first-order valence-corrected chi connectivity index (χ1v) is 10.2. The number of benzene rings is 2. The van der Waals surface area contributed by atoms with Crippen LogP contribution in [0.2, 0.25) is 5.02 Å². The van der Waals surface area contributed by atoms with E-state index in [1.54, 1.807) is 0 Å². The van der Waals surface area contributed by atoms with Gasteiger partial charge in [-0.3, -0.25) is 4.79 Å². The molecule has 0 saturated carbocycles. The van der Waals surface area contributed by atoms with E-state index in [0.717, 1.165) is 36.0 Å². The van der Waals surface area contributed by atoms with Gasteiger partial charge >= 0.3 is 0 Å². The van der Waals surface area contributed by atoms with Crippen LogP contribution in [0.3, 0.4) is 0 Å². The molecule has 0 aliphatic carbocycles. The highest BCUT2D eigenvalue weighted by Gasteiger charge is 2.18. The Morgan fingerprint density at radius 3 is 3.00 bits per heavy atom. The van der Waals surface area contributed by atoms with Crippen LogP contribution in [0.15, 0.2) is 42.5 Å². The number of nitrogens with one attached hydrogen (secondary N) is 1. The number of hydrogen-bond donors (Lipinski definition) is 1. The number of hydrogen-bond acceptors (Lipinski definition) is 4. The van der Waals surface area contributed by atoms with Crippen LogP contribution in [-0.4, -0.2) is 34.7 Å². The van der Waals surface area contributed by atoms with E-state index in [4.69, 9.17) is 21.1 Å². The molecule has 1 fully saturated rings. The van der Waals surface area contributed by atoms with Gasteiger partial charge in [0, 0.05) is 18.2 Å². The molecule has 6 nitrogen and oxygen atoms in total. The number of carbonyl (C=O) groups is 1. The van der Waals surface area contributed by atoms with Gasteiger partial charge in [-0.25, -0.2) is 4.98 Å². The van der Waals surface area contributed by atoms with E-state index in [0.29, 0.717) is 23.1 Å². The van der Waals surface area contributed by atoms with Crippen LogP contribution >= 0.6 is 11.6 Å². The molecule has 1 N–H and O–H groups in total. The monoisotopic (exact) mass is 413 g/mol. The van der Waals surface area contributed by atoms with E-state index in [2.05, 4.69) is 10.3 Å². The molecule has 0 radical (unpaired) electrons. The standard InChI is InChI=1S/C22H24ClN3O3/c1-15-11-16(8-9-18(15)23)29-14-21-25-19-6-2-3-7-20(19)26(21)13-22(27)24-12-17-5-4-10-28-17/h2-3,6-9,11,17H,4-5,10,12-14H2,1H3,(H,24,27). The zero-order chi connectivity index (χ0) is 20.2. The van der Waals surface area contributed by atoms with Crippen LogP contribution in [0.25, 0.3) is 11.0 Å². The second-order valence-corrected chi connectivity index (χ2v) is 7.65. The number of ether oxygens (including phenoxy) is 2. The van der Waals surface area contributed by atoms with Gasteiger partial charge in [0.15, 0.2) is 0 Å². The summed E-state index contributed by atoms with van der Waals surface area (Å²) in [6.45, 7) is 3.70. The molecule has 29 heavy (non-hydrogen) atoms. The molecule has 1 atom stereocenters. The minimum atomic E-state index is -0.0627. The fraction of sp³-hybridized carbons (Fsp3) is 0.364. The van der Waals surface area contributed by atoms with Gasteiger partial charge in [0.25, 0.3) is 0 Å². The van der Waals surface area contributed by atoms with Crippen LogP contribution in [0.4, 0.5) is 0 Å². The van der Waals surface area contributed by atoms with Gasteiger partial charge in [0.1, 0.15) is 24.7 Å². The summed E-state index contributed by atoms with van der Waals surface area (Å²) in [5.74, 6) is 1.35. The Hall–Kier alpha value is -2.57. The number of nitrogens with zero attached hydrogens (tertiary/aromatic N) is 2. The second kappa shape index (κ2) is 8.84. The van der Waals surface area contributed by atoms with E-state index in [-0.39, 0.29) is 25.2 Å². The molecule has 4 rings (SSSR count). The molecule has 1 amide bonds. The molecule has 2 heterocycles. The number of aromatic nitrogens is 2. The van der Waals surface area contributed by atoms with E-state index in [9.17, 15) is 4.79 Å². The topological polar surface area (TPSA) is 65.4 Å². The van der Waals surface area contributed by atoms with E-state index < -0.39 is 0 Å². The summed E-state index contributed by atoms with van der Waals surface area (Å²) in [5, 5.41) is 3.68. The molecule has 0 bridgehead atoms. The zero-order valence-electron chi connectivity index (χ0n) is 16.4. The van der Waals surface area contributed by atoms with Gasteiger partial charge in [-0.1, -0.05) is 23.7 Å². The first-order valence-electron chi connectivity index (χ1n) is 9.81. The zero-order valence-corrected chi connectivity index (χ0v) is 17.1. The summed E-state index contributed by atoms with van der Waals surface area (Å²) >= 11 is 6.09. The molecule has 3 aromatic rings. The highest BCUT2D eigenvalue weighted by Crippen LogP contribution is 2.23. The third-order valence-corrected chi connectivity index (χ3v) is 5.51. The molecule has 1 unspecified atom stereocenters. The van der Waals surface area contributed by atoms with E-state index in [1.165, 1.54) is 0 Å². The number of carbonyl (C=O) groups excluding carboxylic acids is 1. The van der Waals surface area contributed by atoms with Crippen molar-refractivity contribution in [1.82, 2.24) is 14.9 Å². The normalized spacial score (nSPS) is 16.3. The minimum Gasteiger partial charge on any atom is -0.486 e. The maximum atomic E-state index is 12.5. The Bertz CT molecular complexity index is 1010. The van der Waals surface area contributed by atoms with Crippen LogP contribution in [-0.2, 0) is 22.7 Å². The van der Waals surface area contributed by atoms with Gasteiger partial charge in [-0.15, -0.1) is 0 Å². The highest BCUT2D eigenvalue weighted by molar-refractivity contribution is 6.31. The number of aryl methyl sites for hydroxylation is 1. The highest BCUT2D eigenvalue weighted by atomic mass is 35.5. The lowest BCUT2D eigenvalue weighted by atomic mass is 10.2. The number of imidazole rings is 1. The Labute approximate surface area is 174 Å². The Balaban J connectivity index is 1.49. The summed E-state index contributed by atoms with van der Waals surface area (Å²) in [6, 6.07) is 13.3. The van der Waals surface area contributed by atoms with Crippen LogP contribution < -0.4 is 10.1 Å². The van der Waals surface area contributed by atoms with Crippen LogP contribution in [0.5, 0.6) is 5.75 Å². The van der Waals surface area contributed by atoms with Gasteiger partial charge < -0.3 is 19.4 Å². The lowest BCUT2D eigenvalue weighted by molar-refractivity contribution is -0.122. The fourth-order valence-corrected chi connectivity index (χ4v) is 3.62. The van der Waals surface area contributed by atoms with E-state index >= 15 is 0 Å². The number of amides is 1. The molecule has 1 aliphatic heterocycles. The summed E-state index contributed by atoms with van der Waals surface area (Å²) in [6.07, 6.45) is 2.17. The molecule has 1 aromatic heterocycles. The predicted octanol–water partition coefficient (Wildman–Crippen LogP) is 3.87. The van der Waals surface area contributed by atoms with Crippen molar-refractivity contribution in [2.75, 3.05) is 13.2 Å². The van der Waals surface area contributed by atoms with Crippen molar-refractivity contribution >= 4 is 28.5 Å². The molecule has 7 heteroatoms. The van der Waals surface area contributed by atoms with Crippen LogP contribution in [0.1, 0.15) is 24.2 Å². The van der Waals surface area contributed by atoms with Gasteiger partial charge in [-0.05, 0) is 55.7 Å². The Kier molecular flexibility index (Phi) is 6.02. The molecule has 1 aliphatic rings. The largest absolute Gasteiger partial charge is 0.486 e. The molecule has 2 aromatic carbocycles. The SMILES string of the molecule is Cc1cc(OCc2nc3ccccc3n2CC(=O)NCC2CCCO2)ccc1Cl. The maximum absolute atomic E-state index is 12.5. The van der Waals surface area contributed by atoms with Gasteiger partial charge in [0.05, 0.1) is 17.1 Å². The lowest BCUT2D eigenvalue weighted by Crippen LogP contribution is -2.34. The minimum absolute atomic E-state index is 0.0627. The fourth-order valence-electron chi connectivity index (χ4n) is 3.50. The summed E-state index contributed by atoms with van der Waals surface area (Å²) in [4.78, 5) is 17.2. The summed E-state index contributed by atoms with van der Waals surface area (Å²) < 4.78 is 13.4. The van der Waals surface area contributed by atoms with Crippen LogP contribution in [0, 0.1) is 6.92 Å². The quantitative estimate of drug-likeness (QED) is 0.638. The molecule has 1 saturated heterocycles. The van der Waals surface area contributed by atoms with Gasteiger partial charge in [-0.2, -0.15) is 0 Å². The smallest absolute Gasteiger partial charge is 0.240 e. The van der Waals surface area contributed by atoms with Crippen molar-refractivity contribution in [1.29, 1.82) is 0 Å². The third-order valence-electron chi connectivity index (χ3n) is 5.08. The third kappa shape index (κ3) is 4.71. The van der Waals surface area contributed by atoms with Gasteiger partial charge in [0.2, 0.25) is 5.91 Å². The summed E-state index contributed by atoms with van der Waals surface area (Å²) in [5.41, 5.74) is 2.70. The Morgan fingerprint density at radius 1 is 1.34 bits per heavy atom. The molecular weight excluding hydrogens is 390 g/mol. The first kappa shape index (κ1) is 19.7. The number of rotatable bonds is 7. The number of fused-ring (bicyclic) bond motifs is 1. The van der Waals surface area contributed by atoms with E-state index in [1.807, 2.05) is 54.0 Å². The van der Waals surface area contributed by atoms with Crippen molar-refractivity contribution in [3.05, 3.63) is 58.9 Å². The molecular formula is C22H24ClN3O3. The second-order valence-electron chi connectivity index (χ2n) is 7.24. The van der Waals surface area contributed by atoms with Crippen molar-refractivity contribution in [2.45, 2.75) is 39.0 Å². The van der Waals surface area contributed by atoms with Crippen molar-refractivity contribution in [2.24, 2.45) is 0 Å². The molecule has 152 valence electrons. The average molecular weight is 414 g/mol. The van der Waals surface area contributed by atoms with Crippen molar-refractivity contribution < 1.29 is 14.3 Å².